The van der Waals surface area contributed by atoms with Gasteiger partial charge in [-0.15, -0.1) is 0 Å². The zero-order valence-electron chi connectivity index (χ0n) is 14.3. The predicted octanol–water partition coefficient (Wildman–Crippen LogP) is 0.933. The van der Waals surface area contributed by atoms with Crippen LogP contribution in [0, 0.1) is 5.92 Å². The van der Waals surface area contributed by atoms with E-state index in [9.17, 15) is 13.2 Å². The fourth-order valence-electron chi connectivity index (χ4n) is 4.45. The molecule has 1 saturated carbocycles. The van der Waals surface area contributed by atoms with Crippen molar-refractivity contribution in [1.82, 2.24) is 26.0 Å². The lowest BCUT2D eigenvalue weighted by Gasteiger charge is -2.11. The molecule has 1 saturated heterocycles. The van der Waals surface area contributed by atoms with E-state index in [-0.39, 0.29) is 23.5 Å². The first-order valence-electron chi connectivity index (χ1n) is 8.88. The van der Waals surface area contributed by atoms with Crippen molar-refractivity contribution >= 4 is 27.3 Å². The van der Waals surface area contributed by atoms with Crippen LogP contribution in [0.5, 0.6) is 0 Å². The molecule has 2 fully saturated rings. The first kappa shape index (κ1) is 17.2. The van der Waals surface area contributed by atoms with Crippen LogP contribution in [0.15, 0.2) is 18.3 Å². The predicted molar refractivity (Wildman–Crippen MR) is 98.2 cm³/mol. The Morgan fingerprint density at radius 3 is 2.93 bits per heavy atom. The Bertz CT molecular complexity index is 1040. The number of nitrogens with zero attached hydrogens (tertiary/aromatic N) is 2. The molecule has 2 aliphatic carbocycles. The molecule has 0 spiro atoms. The van der Waals surface area contributed by atoms with E-state index in [0.717, 1.165) is 23.4 Å². The Morgan fingerprint density at radius 2 is 2.19 bits per heavy atom. The van der Waals surface area contributed by atoms with E-state index in [1.807, 2.05) is 6.07 Å². The smallest absolute Gasteiger partial charge is 0.286 e. The van der Waals surface area contributed by atoms with Crippen molar-refractivity contribution in [2.45, 2.75) is 30.7 Å². The van der Waals surface area contributed by atoms with Gasteiger partial charge in [-0.25, -0.2) is 13.8 Å². The Hall–Kier alpha value is -1.97. The molecule has 1 amide bonds. The lowest BCUT2D eigenvalue weighted by Crippen LogP contribution is -2.45. The number of rotatable bonds is 4. The number of fused-ring (bicyclic) bond motifs is 3. The Morgan fingerprint density at radius 1 is 1.33 bits per heavy atom. The van der Waals surface area contributed by atoms with Gasteiger partial charge in [0.15, 0.2) is 15.5 Å². The molecule has 27 heavy (non-hydrogen) atoms. The molecule has 142 valence electrons. The average Bonchev–Trinajstić information content (AvgIpc) is 2.92. The van der Waals surface area contributed by atoms with Crippen LogP contribution in [0.4, 0.5) is 0 Å². The minimum atomic E-state index is -2.99. The average molecular weight is 408 g/mol. The Labute approximate surface area is 161 Å². The van der Waals surface area contributed by atoms with Gasteiger partial charge < -0.3 is 0 Å². The maximum Gasteiger partial charge on any atom is 0.286 e. The van der Waals surface area contributed by atoms with E-state index in [1.54, 1.807) is 12.3 Å². The number of nitrogens with one attached hydrogen (secondary N) is 3. The van der Waals surface area contributed by atoms with Crippen LogP contribution in [0.25, 0.3) is 0 Å². The molecule has 5 rings (SSSR count). The van der Waals surface area contributed by atoms with Gasteiger partial charge in [0, 0.05) is 46.0 Å². The molecule has 1 aliphatic heterocycles. The quantitative estimate of drug-likeness (QED) is 0.649. The van der Waals surface area contributed by atoms with Crippen molar-refractivity contribution in [2.24, 2.45) is 5.92 Å². The highest BCUT2D eigenvalue weighted by atomic mass is 35.5. The van der Waals surface area contributed by atoms with E-state index in [4.69, 9.17) is 11.6 Å². The maximum atomic E-state index is 12.5. The number of aromatic nitrogens is 3. The minimum absolute atomic E-state index is 0.0460. The van der Waals surface area contributed by atoms with Crippen molar-refractivity contribution in [1.29, 1.82) is 0 Å². The topological polar surface area (TPSA) is 117 Å². The van der Waals surface area contributed by atoms with Crippen molar-refractivity contribution < 1.29 is 13.2 Å². The van der Waals surface area contributed by atoms with Gasteiger partial charge >= 0.3 is 0 Å². The van der Waals surface area contributed by atoms with Crippen LogP contribution in [0.2, 0.25) is 5.02 Å². The van der Waals surface area contributed by atoms with E-state index in [1.165, 1.54) is 0 Å². The van der Waals surface area contributed by atoms with Crippen molar-refractivity contribution in [3.63, 3.8) is 0 Å². The zero-order chi connectivity index (χ0) is 18.8. The van der Waals surface area contributed by atoms with Crippen LogP contribution in [0.1, 0.15) is 45.7 Å². The van der Waals surface area contributed by atoms with Crippen molar-refractivity contribution in [3.8, 4) is 0 Å². The van der Waals surface area contributed by atoms with Crippen LogP contribution in [-0.4, -0.2) is 47.1 Å². The second kappa shape index (κ2) is 6.02. The lowest BCUT2D eigenvalue weighted by molar-refractivity contribution is 0.0920. The largest absolute Gasteiger partial charge is 0.286 e. The highest BCUT2D eigenvalue weighted by Crippen LogP contribution is 2.66. The highest BCUT2D eigenvalue weighted by molar-refractivity contribution is 7.91. The van der Waals surface area contributed by atoms with E-state index in [0.29, 0.717) is 34.9 Å². The third-order valence-corrected chi connectivity index (χ3v) is 7.77. The van der Waals surface area contributed by atoms with E-state index < -0.39 is 9.84 Å². The molecule has 10 heteroatoms. The first-order chi connectivity index (χ1) is 12.9. The molecule has 0 aromatic carbocycles. The van der Waals surface area contributed by atoms with Crippen LogP contribution >= 0.6 is 11.6 Å². The second-order valence-corrected chi connectivity index (χ2v) is 10.1. The SMILES string of the molecule is O=C(NNC1CCS(=O)(=O)C1)c1n[nH]c2c1CC1C(c3cc(Cl)ccn3)C21. The molecule has 2 aromatic rings. The molecule has 2 aromatic heterocycles. The third-order valence-electron chi connectivity index (χ3n) is 5.76. The Balaban J connectivity index is 1.27. The molecule has 0 bridgehead atoms. The third kappa shape index (κ3) is 2.94. The number of halogens is 1. The number of amides is 1. The van der Waals surface area contributed by atoms with Gasteiger partial charge in [-0.05, 0) is 30.9 Å². The molecule has 0 radical (unpaired) electrons. The summed E-state index contributed by atoms with van der Waals surface area (Å²) in [5, 5.41) is 7.89. The summed E-state index contributed by atoms with van der Waals surface area (Å²) in [5.74, 6) is 0.892. The minimum Gasteiger partial charge on any atom is -0.286 e. The Kier molecular flexibility index (Phi) is 3.82. The van der Waals surface area contributed by atoms with Crippen LogP contribution in [0.3, 0.4) is 0 Å². The molecule has 8 nitrogen and oxygen atoms in total. The van der Waals surface area contributed by atoms with Gasteiger partial charge in [-0.1, -0.05) is 11.6 Å². The number of sulfone groups is 1. The number of hydrogen-bond acceptors (Lipinski definition) is 6. The fraction of sp³-hybridized carbons (Fsp3) is 0.471. The van der Waals surface area contributed by atoms with Crippen LogP contribution < -0.4 is 10.9 Å². The molecule has 3 heterocycles. The summed E-state index contributed by atoms with van der Waals surface area (Å²) >= 11 is 6.07. The van der Waals surface area contributed by atoms with Crippen LogP contribution in [-0.2, 0) is 16.3 Å². The fourth-order valence-corrected chi connectivity index (χ4v) is 6.29. The molecular weight excluding hydrogens is 390 g/mol. The summed E-state index contributed by atoms with van der Waals surface area (Å²) in [6.45, 7) is 0. The number of carbonyl (C=O) groups is 1. The van der Waals surface area contributed by atoms with Gasteiger partial charge in [-0.2, -0.15) is 5.10 Å². The molecule has 3 aliphatic rings. The van der Waals surface area contributed by atoms with Gasteiger partial charge in [0.2, 0.25) is 0 Å². The summed E-state index contributed by atoms with van der Waals surface area (Å²) in [6, 6.07) is 3.40. The number of H-pyrrole nitrogens is 1. The monoisotopic (exact) mass is 407 g/mol. The van der Waals surface area contributed by atoms with Gasteiger partial charge in [-0.3, -0.25) is 20.3 Å². The second-order valence-electron chi connectivity index (χ2n) is 7.48. The van der Waals surface area contributed by atoms with Gasteiger partial charge in [0.25, 0.3) is 5.91 Å². The van der Waals surface area contributed by atoms with Crippen molar-refractivity contribution in [2.75, 3.05) is 11.5 Å². The molecule has 3 N–H and O–H groups in total. The standard InChI is InChI=1S/C17H18ClN5O3S/c18-8-1-3-19-12(5-8)13-10-6-11-15(14(10)13)21-22-16(11)17(24)23-20-9-2-4-27(25,26)7-9/h1,3,5,9-10,13-14,20H,2,4,6-7H2,(H,21,22)(H,23,24). The summed E-state index contributed by atoms with van der Waals surface area (Å²) in [5.41, 5.74) is 8.74. The zero-order valence-corrected chi connectivity index (χ0v) is 15.8. The highest BCUT2D eigenvalue weighted by Gasteiger charge is 2.59. The lowest BCUT2D eigenvalue weighted by atomic mass is 10.0. The number of aromatic amines is 1. The first-order valence-corrected chi connectivity index (χ1v) is 11.1. The van der Waals surface area contributed by atoms with Crippen molar-refractivity contribution in [3.05, 3.63) is 46.0 Å². The number of carbonyl (C=O) groups excluding carboxylic acids is 1. The molecular formula is C17H18ClN5O3S. The summed E-state index contributed by atoms with van der Waals surface area (Å²) < 4.78 is 23.0. The van der Waals surface area contributed by atoms with E-state index >= 15 is 0 Å². The number of pyridine rings is 1. The number of hydrazine groups is 1. The summed E-state index contributed by atoms with van der Waals surface area (Å²) in [6.07, 6.45) is 2.99. The summed E-state index contributed by atoms with van der Waals surface area (Å²) in [4.78, 5) is 16.9. The van der Waals surface area contributed by atoms with Gasteiger partial charge in [0.05, 0.1) is 11.5 Å². The maximum absolute atomic E-state index is 12.5. The normalized spacial score (nSPS) is 30.0. The summed E-state index contributed by atoms with van der Waals surface area (Å²) in [7, 11) is -2.99. The van der Waals surface area contributed by atoms with Gasteiger partial charge in [0.1, 0.15) is 0 Å². The number of hydrogen-bond donors (Lipinski definition) is 3. The molecule has 4 atom stereocenters. The van der Waals surface area contributed by atoms with E-state index in [2.05, 4.69) is 26.0 Å². The molecule has 4 unspecified atom stereocenters.